The van der Waals surface area contributed by atoms with E-state index in [0.29, 0.717) is 25.7 Å². The van der Waals surface area contributed by atoms with Crippen LogP contribution in [0.2, 0.25) is 0 Å². The van der Waals surface area contributed by atoms with Gasteiger partial charge in [-0.05, 0) is 58.8 Å². The molecule has 0 aromatic rings. The Labute approximate surface area is 174 Å². The molecule has 7 heteroatoms. The van der Waals surface area contributed by atoms with Crippen molar-refractivity contribution in [3.8, 4) is 0 Å². The number of carbonyl (C=O) groups excluding carboxylic acids is 1. The van der Waals surface area contributed by atoms with Crippen molar-refractivity contribution in [3.05, 3.63) is 0 Å². The molecule has 0 amide bonds. The predicted molar refractivity (Wildman–Crippen MR) is 107 cm³/mol. The van der Waals surface area contributed by atoms with Crippen LogP contribution in [0.5, 0.6) is 0 Å². The van der Waals surface area contributed by atoms with E-state index in [1.807, 2.05) is 20.8 Å². The molecule has 2 heterocycles. The Hall–Kier alpha value is -1.18. The first-order chi connectivity index (χ1) is 13.7. The minimum absolute atomic E-state index is 0.00668. The maximum atomic E-state index is 12.6. The molecule has 0 radical (unpaired) electrons. The van der Waals surface area contributed by atoms with Crippen molar-refractivity contribution in [3.63, 3.8) is 0 Å². The summed E-state index contributed by atoms with van der Waals surface area (Å²) >= 11 is 0. The summed E-state index contributed by atoms with van der Waals surface area (Å²) in [6.45, 7) is 7.43. The molecule has 0 saturated carbocycles. The van der Waals surface area contributed by atoms with Crippen LogP contribution in [0.1, 0.15) is 79.1 Å². The number of ether oxygens (including phenoxy) is 3. The van der Waals surface area contributed by atoms with Crippen molar-refractivity contribution in [1.29, 1.82) is 0 Å². The van der Waals surface area contributed by atoms with Crippen LogP contribution >= 0.6 is 0 Å². The Kier molecular flexibility index (Phi) is 9.37. The van der Waals surface area contributed by atoms with Gasteiger partial charge in [-0.1, -0.05) is 13.8 Å². The lowest BCUT2D eigenvalue weighted by molar-refractivity contribution is -0.160. The molecule has 0 aliphatic carbocycles. The van der Waals surface area contributed by atoms with Crippen LogP contribution in [-0.2, 0) is 23.8 Å². The molecule has 168 valence electrons. The van der Waals surface area contributed by atoms with Crippen molar-refractivity contribution in [2.24, 2.45) is 11.8 Å². The highest BCUT2D eigenvalue weighted by molar-refractivity contribution is 5.73. The summed E-state index contributed by atoms with van der Waals surface area (Å²) < 4.78 is 17.6. The normalized spacial score (nSPS) is 31.2. The third-order valence-electron chi connectivity index (χ3n) is 6.43. The smallest absolute Gasteiger partial charge is 0.311 e. The molecule has 7 nitrogen and oxygen atoms in total. The zero-order valence-electron chi connectivity index (χ0n) is 18.2. The SMILES string of the molecule is CC[C@H](O)C[C@H]1CC[C@@H]([C@@H](C)C(=O)O[C@@H](CC)C[C@@H]2CC[C@@H]([C@@H](C)C(=O)O)O2)O1. The highest BCUT2D eigenvalue weighted by Crippen LogP contribution is 2.31. The molecule has 2 saturated heterocycles. The summed E-state index contributed by atoms with van der Waals surface area (Å²) in [5.41, 5.74) is 0. The molecular formula is C22H38O7. The van der Waals surface area contributed by atoms with Crippen LogP contribution < -0.4 is 0 Å². The first-order valence-electron chi connectivity index (χ1n) is 11.2. The largest absolute Gasteiger partial charge is 0.481 e. The fourth-order valence-corrected chi connectivity index (χ4v) is 4.19. The molecule has 0 spiro atoms. The second-order valence-corrected chi connectivity index (χ2v) is 8.66. The Bertz CT molecular complexity index is 537. The van der Waals surface area contributed by atoms with Gasteiger partial charge in [0.2, 0.25) is 0 Å². The predicted octanol–water partition coefficient (Wildman–Crippen LogP) is 3.31. The number of aliphatic carboxylic acids is 1. The van der Waals surface area contributed by atoms with E-state index in [-0.39, 0.29) is 48.5 Å². The van der Waals surface area contributed by atoms with Gasteiger partial charge in [0.05, 0.1) is 42.4 Å². The van der Waals surface area contributed by atoms with E-state index in [1.54, 1.807) is 6.92 Å². The fraction of sp³-hybridized carbons (Fsp3) is 0.909. The van der Waals surface area contributed by atoms with Crippen LogP contribution in [0.15, 0.2) is 0 Å². The van der Waals surface area contributed by atoms with Crippen molar-refractivity contribution < 1.29 is 34.0 Å². The van der Waals surface area contributed by atoms with Gasteiger partial charge < -0.3 is 24.4 Å². The Morgan fingerprint density at radius 3 is 2.00 bits per heavy atom. The average molecular weight is 415 g/mol. The highest BCUT2D eigenvalue weighted by atomic mass is 16.6. The van der Waals surface area contributed by atoms with Crippen molar-refractivity contribution in [1.82, 2.24) is 0 Å². The monoisotopic (exact) mass is 414 g/mol. The second-order valence-electron chi connectivity index (χ2n) is 8.66. The fourth-order valence-electron chi connectivity index (χ4n) is 4.19. The third kappa shape index (κ3) is 6.93. The summed E-state index contributed by atoms with van der Waals surface area (Å²) in [5.74, 6) is -1.98. The van der Waals surface area contributed by atoms with E-state index in [4.69, 9.17) is 19.3 Å². The zero-order valence-corrected chi connectivity index (χ0v) is 18.2. The van der Waals surface area contributed by atoms with Crippen LogP contribution in [0.3, 0.4) is 0 Å². The van der Waals surface area contributed by atoms with Crippen molar-refractivity contribution in [2.75, 3.05) is 0 Å². The number of hydrogen-bond donors (Lipinski definition) is 2. The molecular weight excluding hydrogens is 376 g/mol. The number of rotatable bonds is 11. The number of esters is 1. The van der Waals surface area contributed by atoms with Gasteiger partial charge >= 0.3 is 11.9 Å². The minimum atomic E-state index is -0.843. The highest BCUT2D eigenvalue weighted by Gasteiger charge is 2.37. The Balaban J connectivity index is 1.78. The van der Waals surface area contributed by atoms with E-state index < -0.39 is 11.9 Å². The quantitative estimate of drug-likeness (QED) is 0.500. The Morgan fingerprint density at radius 2 is 1.48 bits per heavy atom. The van der Waals surface area contributed by atoms with E-state index in [1.165, 1.54) is 0 Å². The maximum Gasteiger partial charge on any atom is 0.311 e. The second kappa shape index (κ2) is 11.3. The Morgan fingerprint density at radius 1 is 0.931 bits per heavy atom. The van der Waals surface area contributed by atoms with Gasteiger partial charge in [-0.2, -0.15) is 0 Å². The molecule has 0 aromatic carbocycles. The molecule has 8 atom stereocenters. The maximum absolute atomic E-state index is 12.6. The van der Waals surface area contributed by atoms with Crippen LogP contribution in [-0.4, -0.2) is 58.8 Å². The molecule has 0 unspecified atom stereocenters. The lowest BCUT2D eigenvalue weighted by atomic mass is 10.00. The average Bonchev–Trinajstić information content (AvgIpc) is 3.35. The van der Waals surface area contributed by atoms with Crippen LogP contribution in [0.4, 0.5) is 0 Å². The molecule has 2 N–H and O–H groups in total. The van der Waals surface area contributed by atoms with E-state index in [2.05, 4.69) is 0 Å². The topological polar surface area (TPSA) is 102 Å². The van der Waals surface area contributed by atoms with Crippen molar-refractivity contribution in [2.45, 2.75) is 116 Å². The number of carboxylic acids is 1. The molecule has 2 aliphatic heterocycles. The molecule has 0 bridgehead atoms. The van der Waals surface area contributed by atoms with Gasteiger partial charge in [-0.15, -0.1) is 0 Å². The summed E-state index contributed by atoms with van der Waals surface area (Å²) in [5, 5.41) is 19.0. The lowest BCUT2D eigenvalue weighted by Gasteiger charge is -2.25. The van der Waals surface area contributed by atoms with Gasteiger partial charge in [0.15, 0.2) is 0 Å². The summed E-state index contributed by atoms with van der Waals surface area (Å²) in [4.78, 5) is 23.8. The van der Waals surface area contributed by atoms with Crippen LogP contribution in [0.25, 0.3) is 0 Å². The number of hydrogen-bond acceptors (Lipinski definition) is 6. The number of carboxylic acid groups (broad SMARTS) is 1. The van der Waals surface area contributed by atoms with Crippen molar-refractivity contribution >= 4 is 11.9 Å². The molecule has 2 rings (SSSR count). The van der Waals surface area contributed by atoms with Gasteiger partial charge in [-0.25, -0.2) is 0 Å². The lowest BCUT2D eigenvalue weighted by Crippen LogP contribution is -2.33. The number of carbonyl (C=O) groups is 2. The standard InChI is InChI=1S/C22H38O7/c1-5-15(23)11-17-7-10-20(27-17)14(4)22(26)29-16(6-2)12-18-8-9-19(28-18)13(3)21(24)25/h13-20,23H,5-12H2,1-4H3,(H,24,25)/t13-,14-,15+,16+,17-,18+,19+,20+/m1/s1. The van der Waals surface area contributed by atoms with E-state index in [0.717, 1.165) is 25.7 Å². The minimum Gasteiger partial charge on any atom is -0.481 e. The van der Waals surface area contributed by atoms with Gasteiger partial charge in [-0.3, -0.25) is 9.59 Å². The summed E-state index contributed by atoms with van der Waals surface area (Å²) in [6, 6.07) is 0. The number of aliphatic hydroxyl groups is 1. The zero-order chi connectivity index (χ0) is 21.6. The van der Waals surface area contributed by atoms with Gasteiger partial charge in [0, 0.05) is 6.42 Å². The summed E-state index contributed by atoms with van der Waals surface area (Å²) in [6.07, 6.45) is 4.66. The van der Waals surface area contributed by atoms with Crippen LogP contribution in [0, 0.1) is 11.8 Å². The van der Waals surface area contributed by atoms with E-state index in [9.17, 15) is 14.7 Å². The molecule has 2 aliphatic rings. The molecule has 29 heavy (non-hydrogen) atoms. The molecule has 2 fully saturated rings. The van der Waals surface area contributed by atoms with Gasteiger partial charge in [0.25, 0.3) is 0 Å². The number of aliphatic hydroxyl groups excluding tert-OH is 1. The first-order valence-corrected chi connectivity index (χ1v) is 11.2. The summed E-state index contributed by atoms with van der Waals surface area (Å²) in [7, 11) is 0. The van der Waals surface area contributed by atoms with Gasteiger partial charge in [0.1, 0.15) is 6.10 Å². The van der Waals surface area contributed by atoms with E-state index >= 15 is 0 Å². The first kappa shape index (κ1) is 24.1. The molecule has 0 aromatic heterocycles. The third-order valence-corrected chi connectivity index (χ3v) is 6.43.